The summed E-state index contributed by atoms with van der Waals surface area (Å²) in [5, 5.41) is 2.95. The molecule has 3 heteroatoms. The third kappa shape index (κ3) is 3.70. The standard InChI is InChI=1S/C12H18N2O/c1-4-10(2)13-12(15)9-14-8-6-5-7-11(14)3/h5-8,10H,4,9H2,1-3H3/p+1/t10-/m0/s1. The van der Waals surface area contributed by atoms with Crippen LogP contribution in [0.2, 0.25) is 0 Å². The maximum Gasteiger partial charge on any atom is 0.286 e. The highest BCUT2D eigenvalue weighted by Gasteiger charge is 2.12. The molecule has 3 nitrogen and oxygen atoms in total. The zero-order chi connectivity index (χ0) is 11.3. The van der Waals surface area contributed by atoms with Crippen LogP contribution in [0.4, 0.5) is 0 Å². The fraction of sp³-hybridized carbons (Fsp3) is 0.500. The summed E-state index contributed by atoms with van der Waals surface area (Å²) in [5.41, 5.74) is 1.09. The number of pyridine rings is 1. The van der Waals surface area contributed by atoms with Gasteiger partial charge in [-0.3, -0.25) is 4.79 Å². The Morgan fingerprint density at radius 2 is 2.27 bits per heavy atom. The molecule has 1 amide bonds. The average molecular weight is 207 g/mol. The Kier molecular flexibility index (Phi) is 4.28. The smallest absolute Gasteiger partial charge is 0.286 e. The molecule has 0 fully saturated rings. The summed E-state index contributed by atoms with van der Waals surface area (Å²) < 4.78 is 1.94. The SMILES string of the molecule is CC[C@H](C)NC(=O)C[n+]1ccccc1C. The second-order valence-corrected chi connectivity index (χ2v) is 3.85. The van der Waals surface area contributed by atoms with Crippen LogP contribution in [-0.2, 0) is 11.3 Å². The minimum absolute atomic E-state index is 0.0728. The summed E-state index contributed by atoms with van der Waals surface area (Å²) in [6.45, 7) is 6.47. The lowest BCUT2D eigenvalue weighted by Gasteiger charge is -2.09. The number of hydrogen-bond donors (Lipinski definition) is 1. The molecule has 0 bridgehead atoms. The molecule has 1 atom stereocenters. The predicted molar refractivity (Wildman–Crippen MR) is 59.3 cm³/mol. The highest BCUT2D eigenvalue weighted by atomic mass is 16.2. The van der Waals surface area contributed by atoms with E-state index in [0.717, 1.165) is 12.1 Å². The van der Waals surface area contributed by atoms with Crippen LogP contribution in [-0.4, -0.2) is 11.9 Å². The predicted octanol–water partition coefficient (Wildman–Crippen LogP) is 1.20. The lowest BCUT2D eigenvalue weighted by atomic mass is 10.2. The van der Waals surface area contributed by atoms with Gasteiger partial charge in [-0.2, -0.15) is 4.57 Å². The number of carbonyl (C=O) groups excluding carboxylic acids is 1. The van der Waals surface area contributed by atoms with Crippen LogP contribution in [0.3, 0.4) is 0 Å². The molecule has 1 rings (SSSR count). The molecular formula is C12H19N2O+. The van der Waals surface area contributed by atoms with Crippen molar-refractivity contribution in [2.24, 2.45) is 0 Å². The Hall–Kier alpha value is -1.38. The molecular weight excluding hydrogens is 188 g/mol. The molecule has 0 saturated heterocycles. The van der Waals surface area contributed by atoms with E-state index in [1.54, 1.807) is 0 Å². The zero-order valence-corrected chi connectivity index (χ0v) is 9.66. The van der Waals surface area contributed by atoms with E-state index in [1.165, 1.54) is 0 Å². The molecule has 1 N–H and O–H groups in total. The van der Waals surface area contributed by atoms with E-state index < -0.39 is 0 Å². The third-order valence-electron chi connectivity index (χ3n) is 2.50. The van der Waals surface area contributed by atoms with Crippen molar-refractivity contribution in [1.29, 1.82) is 0 Å². The number of amides is 1. The Morgan fingerprint density at radius 1 is 1.53 bits per heavy atom. The first-order valence-corrected chi connectivity index (χ1v) is 5.38. The van der Waals surface area contributed by atoms with E-state index >= 15 is 0 Å². The van der Waals surface area contributed by atoms with Gasteiger partial charge in [0.2, 0.25) is 6.54 Å². The van der Waals surface area contributed by atoms with Gasteiger partial charge in [-0.25, -0.2) is 0 Å². The molecule has 0 aliphatic rings. The minimum atomic E-state index is 0.0728. The van der Waals surface area contributed by atoms with Crippen LogP contribution in [0.25, 0.3) is 0 Å². The Morgan fingerprint density at radius 3 is 2.87 bits per heavy atom. The molecule has 0 radical (unpaired) electrons. The van der Waals surface area contributed by atoms with Gasteiger partial charge >= 0.3 is 0 Å². The second kappa shape index (κ2) is 5.49. The van der Waals surface area contributed by atoms with Crippen molar-refractivity contribution in [3.05, 3.63) is 30.1 Å². The van der Waals surface area contributed by atoms with E-state index in [0.29, 0.717) is 6.54 Å². The normalized spacial score (nSPS) is 12.2. The molecule has 0 saturated carbocycles. The first kappa shape index (κ1) is 11.7. The van der Waals surface area contributed by atoms with Gasteiger partial charge in [-0.05, 0) is 13.3 Å². The van der Waals surface area contributed by atoms with Crippen molar-refractivity contribution >= 4 is 5.91 Å². The third-order valence-corrected chi connectivity index (χ3v) is 2.50. The largest absolute Gasteiger partial charge is 0.348 e. The molecule has 0 unspecified atom stereocenters. The molecule has 0 aliphatic carbocycles. The van der Waals surface area contributed by atoms with Gasteiger partial charge < -0.3 is 5.32 Å². The summed E-state index contributed by atoms with van der Waals surface area (Å²) in [6.07, 6.45) is 2.88. The Balaban J connectivity index is 2.55. The maximum absolute atomic E-state index is 11.6. The highest BCUT2D eigenvalue weighted by Crippen LogP contribution is 1.90. The molecule has 1 heterocycles. The lowest BCUT2D eigenvalue weighted by Crippen LogP contribution is -2.46. The van der Waals surface area contributed by atoms with Crippen LogP contribution < -0.4 is 9.88 Å². The van der Waals surface area contributed by atoms with Crippen molar-refractivity contribution in [2.75, 3.05) is 0 Å². The van der Waals surface area contributed by atoms with Gasteiger partial charge in [0, 0.05) is 25.1 Å². The van der Waals surface area contributed by atoms with Crippen molar-refractivity contribution in [3.63, 3.8) is 0 Å². The molecule has 1 aromatic rings. The van der Waals surface area contributed by atoms with E-state index in [9.17, 15) is 4.79 Å². The topological polar surface area (TPSA) is 33.0 Å². The number of aryl methyl sites for hydroxylation is 1. The summed E-state index contributed by atoms with van der Waals surface area (Å²) in [6, 6.07) is 6.15. The summed E-state index contributed by atoms with van der Waals surface area (Å²) in [5.74, 6) is 0.0728. The van der Waals surface area contributed by atoms with Gasteiger partial charge in [0.1, 0.15) is 0 Å². The van der Waals surface area contributed by atoms with Gasteiger partial charge in [-0.1, -0.05) is 13.0 Å². The molecule has 0 aliphatic heterocycles. The molecule has 0 aromatic carbocycles. The van der Waals surface area contributed by atoms with Crippen molar-refractivity contribution < 1.29 is 9.36 Å². The fourth-order valence-corrected chi connectivity index (χ4v) is 1.32. The van der Waals surface area contributed by atoms with Crippen LogP contribution in [0.15, 0.2) is 24.4 Å². The Labute approximate surface area is 91.1 Å². The maximum atomic E-state index is 11.6. The molecule has 15 heavy (non-hydrogen) atoms. The molecule has 1 aromatic heterocycles. The quantitative estimate of drug-likeness (QED) is 0.739. The number of nitrogens with one attached hydrogen (secondary N) is 1. The lowest BCUT2D eigenvalue weighted by molar-refractivity contribution is -0.690. The van der Waals surface area contributed by atoms with Gasteiger partial charge in [0.05, 0.1) is 0 Å². The molecule has 82 valence electrons. The van der Waals surface area contributed by atoms with E-state index in [4.69, 9.17) is 0 Å². The van der Waals surface area contributed by atoms with Crippen molar-refractivity contribution in [2.45, 2.75) is 39.8 Å². The number of aromatic nitrogens is 1. The first-order chi connectivity index (χ1) is 7.13. The summed E-state index contributed by atoms with van der Waals surface area (Å²) >= 11 is 0. The zero-order valence-electron chi connectivity index (χ0n) is 9.66. The fourth-order valence-electron chi connectivity index (χ4n) is 1.32. The van der Waals surface area contributed by atoms with Crippen molar-refractivity contribution in [3.8, 4) is 0 Å². The van der Waals surface area contributed by atoms with Gasteiger partial charge in [0.25, 0.3) is 5.91 Å². The summed E-state index contributed by atoms with van der Waals surface area (Å²) in [7, 11) is 0. The first-order valence-electron chi connectivity index (χ1n) is 5.38. The Bertz CT molecular complexity index is 336. The van der Waals surface area contributed by atoms with Crippen LogP contribution in [0.5, 0.6) is 0 Å². The second-order valence-electron chi connectivity index (χ2n) is 3.85. The number of hydrogen-bond acceptors (Lipinski definition) is 1. The van der Waals surface area contributed by atoms with Gasteiger partial charge in [-0.15, -0.1) is 0 Å². The van der Waals surface area contributed by atoms with E-state index in [-0.39, 0.29) is 11.9 Å². The van der Waals surface area contributed by atoms with Crippen LogP contribution in [0.1, 0.15) is 26.0 Å². The minimum Gasteiger partial charge on any atom is -0.348 e. The highest BCUT2D eigenvalue weighted by molar-refractivity contribution is 5.74. The molecule has 0 spiro atoms. The summed E-state index contributed by atoms with van der Waals surface area (Å²) in [4.78, 5) is 11.6. The van der Waals surface area contributed by atoms with Gasteiger partial charge in [0.15, 0.2) is 11.9 Å². The number of rotatable bonds is 4. The van der Waals surface area contributed by atoms with E-state index in [2.05, 4.69) is 12.2 Å². The van der Waals surface area contributed by atoms with Crippen LogP contribution in [0, 0.1) is 6.92 Å². The van der Waals surface area contributed by atoms with Crippen molar-refractivity contribution in [1.82, 2.24) is 5.32 Å². The number of nitrogens with zero attached hydrogens (tertiary/aromatic N) is 1. The monoisotopic (exact) mass is 207 g/mol. The average Bonchev–Trinajstić information content (AvgIpc) is 2.21. The number of carbonyl (C=O) groups is 1. The van der Waals surface area contributed by atoms with E-state index in [1.807, 2.05) is 42.8 Å². The van der Waals surface area contributed by atoms with Crippen LogP contribution >= 0.6 is 0 Å².